The van der Waals surface area contributed by atoms with E-state index in [1.807, 2.05) is 0 Å². The quantitative estimate of drug-likeness (QED) is 0.667. The Morgan fingerprint density at radius 1 is 1.27 bits per heavy atom. The zero-order chi connectivity index (χ0) is 18.7. The molecule has 2 N–H and O–H groups in total. The minimum atomic E-state index is -4.05. The number of halogens is 1. The number of benzene rings is 1. The maximum absolute atomic E-state index is 12.5. The van der Waals surface area contributed by atoms with E-state index in [1.165, 1.54) is 29.3 Å². The fourth-order valence-corrected chi connectivity index (χ4v) is 3.73. The number of aromatic nitrogens is 2. The highest BCUT2D eigenvalue weighted by Crippen LogP contribution is 2.23. The molecule has 0 unspecified atom stereocenters. The summed E-state index contributed by atoms with van der Waals surface area (Å²) in [6, 6.07) is 9.66. The van der Waals surface area contributed by atoms with Crippen molar-refractivity contribution in [1.82, 2.24) is 14.9 Å². The number of imidazole rings is 1. The summed E-state index contributed by atoms with van der Waals surface area (Å²) < 4.78 is 34.0. The number of hydrogen-bond acceptors (Lipinski definition) is 5. The lowest BCUT2D eigenvalue weighted by Crippen LogP contribution is -2.25. The highest BCUT2D eigenvalue weighted by Gasteiger charge is 2.24. The number of carbonyl (C=O) groups is 1. The van der Waals surface area contributed by atoms with Crippen molar-refractivity contribution < 1.29 is 17.6 Å². The van der Waals surface area contributed by atoms with Gasteiger partial charge in [-0.2, -0.15) is 8.42 Å². The van der Waals surface area contributed by atoms with Crippen molar-refractivity contribution in [2.75, 3.05) is 4.72 Å². The van der Waals surface area contributed by atoms with E-state index in [-0.39, 0.29) is 28.0 Å². The van der Waals surface area contributed by atoms with Crippen molar-refractivity contribution in [1.29, 1.82) is 0 Å². The number of amides is 1. The lowest BCUT2D eigenvalue weighted by Gasteiger charge is -2.11. The zero-order valence-electron chi connectivity index (χ0n) is 13.6. The van der Waals surface area contributed by atoms with Crippen LogP contribution in [0.2, 0.25) is 5.15 Å². The third-order valence-electron chi connectivity index (χ3n) is 3.51. The van der Waals surface area contributed by atoms with Crippen molar-refractivity contribution in [2.24, 2.45) is 7.05 Å². The average molecular weight is 395 g/mol. The van der Waals surface area contributed by atoms with Gasteiger partial charge in [0.05, 0.1) is 30.4 Å². The minimum absolute atomic E-state index is 0.0303. The molecule has 0 saturated carbocycles. The number of anilines is 1. The van der Waals surface area contributed by atoms with Crippen molar-refractivity contribution in [3.63, 3.8) is 0 Å². The molecule has 8 nitrogen and oxygen atoms in total. The Labute approximate surface area is 154 Å². The van der Waals surface area contributed by atoms with Gasteiger partial charge in [-0.05, 0) is 24.3 Å². The molecule has 0 atom stereocenters. The first-order chi connectivity index (χ1) is 12.4. The molecule has 0 aliphatic rings. The first-order valence-electron chi connectivity index (χ1n) is 7.48. The summed E-state index contributed by atoms with van der Waals surface area (Å²) in [7, 11) is -2.48. The molecule has 26 heavy (non-hydrogen) atoms. The fraction of sp³-hybridized carbons (Fsp3) is 0.125. The molecular weight excluding hydrogens is 380 g/mol. The number of rotatable bonds is 6. The summed E-state index contributed by atoms with van der Waals surface area (Å²) in [6.07, 6.45) is 2.79. The second kappa shape index (κ2) is 7.22. The summed E-state index contributed by atoms with van der Waals surface area (Å²) in [6.45, 7) is 0.180. The van der Waals surface area contributed by atoms with Crippen LogP contribution in [0.25, 0.3) is 0 Å². The third-order valence-corrected chi connectivity index (χ3v) is 5.36. The molecule has 0 fully saturated rings. The van der Waals surface area contributed by atoms with E-state index in [9.17, 15) is 13.2 Å². The van der Waals surface area contributed by atoms with Gasteiger partial charge in [-0.1, -0.05) is 23.7 Å². The fourth-order valence-electron chi connectivity index (χ4n) is 2.21. The topological polar surface area (TPSA) is 106 Å². The number of para-hydroxylation sites is 1. The number of furan rings is 1. The highest BCUT2D eigenvalue weighted by molar-refractivity contribution is 7.92. The van der Waals surface area contributed by atoms with Crippen LogP contribution in [0, 0.1) is 0 Å². The van der Waals surface area contributed by atoms with Crippen LogP contribution in [0.3, 0.4) is 0 Å². The van der Waals surface area contributed by atoms with Crippen LogP contribution < -0.4 is 10.0 Å². The Kier molecular flexibility index (Phi) is 5.01. The van der Waals surface area contributed by atoms with Gasteiger partial charge in [0.1, 0.15) is 10.9 Å². The molecule has 3 rings (SSSR count). The number of nitrogens with one attached hydrogen (secondary N) is 2. The number of sulfonamides is 1. The first-order valence-corrected chi connectivity index (χ1v) is 9.34. The van der Waals surface area contributed by atoms with Gasteiger partial charge in [-0.3, -0.25) is 9.52 Å². The minimum Gasteiger partial charge on any atom is -0.467 e. The van der Waals surface area contributed by atoms with Crippen molar-refractivity contribution in [3.8, 4) is 0 Å². The van der Waals surface area contributed by atoms with Crippen molar-refractivity contribution in [3.05, 3.63) is 65.5 Å². The van der Waals surface area contributed by atoms with E-state index in [4.69, 9.17) is 16.0 Å². The predicted molar refractivity (Wildman–Crippen MR) is 95.3 cm³/mol. The van der Waals surface area contributed by atoms with Gasteiger partial charge in [0.15, 0.2) is 0 Å². The predicted octanol–water partition coefficient (Wildman–Crippen LogP) is 2.40. The van der Waals surface area contributed by atoms with Crippen LogP contribution in [0.1, 0.15) is 16.1 Å². The molecule has 0 saturated heterocycles. The van der Waals surface area contributed by atoms with Crippen LogP contribution in [0.5, 0.6) is 0 Å². The van der Waals surface area contributed by atoms with Crippen molar-refractivity contribution >= 4 is 33.2 Å². The molecule has 0 aliphatic carbocycles. The largest absolute Gasteiger partial charge is 0.467 e. The summed E-state index contributed by atoms with van der Waals surface area (Å²) in [5, 5.41) is 2.33. The molecule has 0 aliphatic heterocycles. The molecule has 10 heteroatoms. The second-order valence-electron chi connectivity index (χ2n) is 5.36. The number of aryl methyl sites for hydroxylation is 1. The number of hydrogen-bond donors (Lipinski definition) is 2. The molecule has 3 aromatic rings. The lowest BCUT2D eigenvalue weighted by molar-refractivity contribution is 0.0949. The standard InChI is InChI=1S/C16H15ClN4O4S/c1-21-10-19-16(14(21)17)26(23,24)20-13-7-3-2-6-12(13)15(22)18-9-11-5-4-8-25-11/h2-8,10,20H,9H2,1H3,(H,18,22). The number of carbonyl (C=O) groups excluding carboxylic acids is 1. The van der Waals surface area contributed by atoms with E-state index in [2.05, 4.69) is 15.0 Å². The average Bonchev–Trinajstić information content (AvgIpc) is 3.24. The Morgan fingerprint density at radius 3 is 2.69 bits per heavy atom. The van der Waals surface area contributed by atoms with Gasteiger partial charge in [-0.25, -0.2) is 4.98 Å². The van der Waals surface area contributed by atoms with Crippen LogP contribution in [-0.2, 0) is 23.6 Å². The molecule has 2 aromatic heterocycles. The maximum Gasteiger partial charge on any atom is 0.282 e. The Morgan fingerprint density at radius 2 is 2.04 bits per heavy atom. The van der Waals surface area contributed by atoms with Gasteiger partial charge < -0.3 is 14.3 Å². The molecule has 0 bridgehead atoms. The van der Waals surface area contributed by atoms with Gasteiger partial charge in [0.2, 0.25) is 5.03 Å². The van der Waals surface area contributed by atoms with Gasteiger partial charge in [0.25, 0.3) is 15.9 Å². The Balaban J connectivity index is 1.82. The van der Waals surface area contributed by atoms with E-state index in [1.54, 1.807) is 31.3 Å². The summed E-state index contributed by atoms with van der Waals surface area (Å²) in [5.74, 6) is 0.128. The SMILES string of the molecule is Cn1cnc(S(=O)(=O)Nc2ccccc2C(=O)NCc2ccco2)c1Cl. The van der Waals surface area contributed by atoms with Gasteiger partial charge in [-0.15, -0.1) is 0 Å². The summed E-state index contributed by atoms with van der Waals surface area (Å²) in [5.41, 5.74) is 0.279. The normalized spacial score (nSPS) is 11.3. The monoisotopic (exact) mass is 394 g/mol. The van der Waals surface area contributed by atoms with Crippen LogP contribution in [0.15, 0.2) is 58.4 Å². The molecule has 1 aromatic carbocycles. The molecule has 0 radical (unpaired) electrons. The van der Waals surface area contributed by atoms with Crippen molar-refractivity contribution in [2.45, 2.75) is 11.6 Å². The second-order valence-corrected chi connectivity index (χ2v) is 7.32. The zero-order valence-corrected chi connectivity index (χ0v) is 15.2. The first kappa shape index (κ1) is 18.0. The van der Waals surface area contributed by atoms with Gasteiger partial charge in [0, 0.05) is 7.05 Å². The maximum atomic E-state index is 12.5. The number of nitrogens with zero attached hydrogens (tertiary/aromatic N) is 2. The molecular formula is C16H15ClN4O4S. The Hall–Kier alpha value is -2.78. The van der Waals surface area contributed by atoms with Gasteiger partial charge >= 0.3 is 0 Å². The van der Waals surface area contributed by atoms with Crippen LogP contribution >= 0.6 is 11.6 Å². The van der Waals surface area contributed by atoms with E-state index in [0.29, 0.717) is 5.76 Å². The van der Waals surface area contributed by atoms with E-state index >= 15 is 0 Å². The lowest BCUT2D eigenvalue weighted by atomic mass is 10.1. The molecule has 1 amide bonds. The van der Waals surface area contributed by atoms with Crippen LogP contribution in [-0.4, -0.2) is 23.9 Å². The Bertz CT molecular complexity index is 1030. The smallest absolute Gasteiger partial charge is 0.282 e. The summed E-state index contributed by atoms with van der Waals surface area (Å²) in [4.78, 5) is 16.2. The molecule has 136 valence electrons. The summed E-state index contributed by atoms with van der Waals surface area (Å²) >= 11 is 5.96. The van der Waals surface area contributed by atoms with E-state index < -0.39 is 15.9 Å². The molecule has 2 heterocycles. The van der Waals surface area contributed by atoms with E-state index in [0.717, 1.165) is 0 Å². The third kappa shape index (κ3) is 3.73. The van der Waals surface area contributed by atoms with Crippen LogP contribution in [0.4, 0.5) is 5.69 Å². The highest BCUT2D eigenvalue weighted by atomic mass is 35.5. The molecule has 0 spiro atoms.